The lowest BCUT2D eigenvalue weighted by Gasteiger charge is -2.20. The zero-order valence-electron chi connectivity index (χ0n) is 11.8. The van der Waals surface area contributed by atoms with Gasteiger partial charge in [0.25, 0.3) is 5.78 Å². The number of allylic oxidation sites excluding steroid dienone is 1. The van der Waals surface area contributed by atoms with E-state index in [0.29, 0.717) is 5.92 Å². The fourth-order valence-electron chi connectivity index (χ4n) is 2.71. The Labute approximate surface area is 136 Å². The van der Waals surface area contributed by atoms with Gasteiger partial charge in [0.2, 0.25) is 0 Å². The number of rotatable bonds is 3. The molecule has 0 aliphatic heterocycles. The van der Waals surface area contributed by atoms with E-state index >= 15 is 0 Å². The van der Waals surface area contributed by atoms with E-state index in [1.807, 2.05) is 6.07 Å². The van der Waals surface area contributed by atoms with E-state index in [4.69, 9.17) is 16.7 Å². The van der Waals surface area contributed by atoms with Gasteiger partial charge in [-0.15, -0.1) is 11.3 Å². The third-order valence-corrected chi connectivity index (χ3v) is 5.29. The average Bonchev–Trinajstić information content (AvgIpc) is 2.87. The highest BCUT2D eigenvalue weighted by molar-refractivity contribution is 7.16. The molecule has 1 aliphatic rings. The zero-order valence-corrected chi connectivity index (χ0v) is 13.4. The van der Waals surface area contributed by atoms with Crippen LogP contribution in [0, 0.1) is 0 Å². The summed E-state index contributed by atoms with van der Waals surface area (Å²) in [5.74, 6) is -1.92. The summed E-state index contributed by atoms with van der Waals surface area (Å²) >= 11 is 7.71. The Kier molecular flexibility index (Phi) is 3.89. The Morgan fingerprint density at radius 3 is 2.59 bits per heavy atom. The SMILES string of the molecule is CC1CC(c2ccc(C(=O)C(=O)O)cc2)=Cc2cc(Cl)sc21. The largest absolute Gasteiger partial charge is 0.475 e. The Hall–Kier alpha value is -1.91. The Balaban J connectivity index is 1.94. The van der Waals surface area contributed by atoms with E-state index in [0.717, 1.165) is 21.9 Å². The van der Waals surface area contributed by atoms with Crippen LogP contribution in [0.2, 0.25) is 4.34 Å². The van der Waals surface area contributed by atoms with Crippen LogP contribution < -0.4 is 0 Å². The second-order valence-electron chi connectivity index (χ2n) is 5.36. The highest BCUT2D eigenvalue weighted by Gasteiger charge is 2.21. The predicted octanol–water partition coefficient (Wildman–Crippen LogP) is 4.72. The lowest BCUT2D eigenvalue weighted by Crippen LogP contribution is -2.12. The number of aliphatic carboxylic acids is 1. The Morgan fingerprint density at radius 2 is 1.95 bits per heavy atom. The molecule has 0 saturated carbocycles. The van der Waals surface area contributed by atoms with Crippen molar-refractivity contribution in [2.24, 2.45) is 0 Å². The normalized spacial score (nSPS) is 16.8. The minimum Gasteiger partial charge on any atom is -0.475 e. The number of carbonyl (C=O) groups is 2. The average molecular weight is 333 g/mol. The molecule has 0 amide bonds. The zero-order chi connectivity index (χ0) is 15.9. The van der Waals surface area contributed by atoms with Crippen molar-refractivity contribution < 1.29 is 14.7 Å². The molecule has 1 aliphatic carbocycles. The lowest BCUT2D eigenvalue weighted by molar-refractivity contribution is -0.131. The molecule has 2 aromatic rings. The molecule has 1 unspecified atom stereocenters. The number of halogens is 1. The molecule has 0 saturated heterocycles. The summed E-state index contributed by atoms with van der Waals surface area (Å²) in [6.45, 7) is 2.17. The molecule has 0 bridgehead atoms. The summed E-state index contributed by atoms with van der Waals surface area (Å²) in [6.07, 6.45) is 3.02. The van der Waals surface area contributed by atoms with Crippen molar-refractivity contribution >= 4 is 46.3 Å². The van der Waals surface area contributed by atoms with Crippen LogP contribution in [-0.2, 0) is 4.79 Å². The molecular weight excluding hydrogens is 320 g/mol. The molecule has 1 atom stereocenters. The van der Waals surface area contributed by atoms with Gasteiger partial charge in [0.05, 0.1) is 4.34 Å². The standard InChI is InChI=1S/C17H13ClO3S/c1-9-6-12(7-13-8-14(18)22-16(9)13)10-2-4-11(5-3-10)15(19)17(20)21/h2-5,7-9H,6H2,1H3,(H,20,21). The number of Topliss-reactive ketones (excluding diaryl/α,β-unsaturated/α-hetero) is 1. The van der Waals surface area contributed by atoms with Gasteiger partial charge in [-0.1, -0.05) is 42.8 Å². The van der Waals surface area contributed by atoms with Gasteiger partial charge in [-0.2, -0.15) is 0 Å². The van der Waals surface area contributed by atoms with Crippen LogP contribution in [0.4, 0.5) is 0 Å². The number of benzene rings is 1. The number of thiophene rings is 1. The van der Waals surface area contributed by atoms with E-state index in [2.05, 4.69) is 13.0 Å². The van der Waals surface area contributed by atoms with Crippen LogP contribution >= 0.6 is 22.9 Å². The molecule has 1 aromatic heterocycles. The fourth-order valence-corrected chi connectivity index (χ4v) is 4.00. The Bertz CT molecular complexity index is 787. The molecule has 5 heteroatoms. The summed E-state index contributed by atoms with van der Waals surface area (Å²) in [6, 6.07) is 8.70. The summed E-state index contributed by atoms with van der Waals surface area (Å²) in [4.78, 5) is 23.4. The monoisotopic (exact) mass is 332 g/mol. The van der Waals surface area contributed by atoms with Crippen molar-refractivity contribution in [1.29, 1.82) is 0 Å². The van der Waals surface area contributed by atoms with Crippen LogP contribution in [-0.4, -0.2) is 16.9 Å². The first-order valence-electron chi connectivity index (χ1n) is 6.83. The van der Waals surface area contributed by atoms with Crippen molar-refractivity contribution in [2.45, 2.75) is 19.3 Å². The lowest BCUT2D eigenvalue weighted by atomic mass is 9.87. The molecule has 0 radical (unpaired) electrons. The van der Waals surface area contributed by atoms with Gasteiger partial charge in [0.1, 0.15) is 0 Å². The van der Waals surface area contributed by atoms with Crippen molar-refractivity contribution in [3.63, 3.8) is 0 Å². The molecule has 3 nitrogen and oxygen atoms in total. The van der Waals surface area contributed by atoms with E-state index in [9.17, 15) is 9.59 Å². The number of carboxylic acid groups (broad SMARTS) is 1. The molecule has 1 heterocycles. The highest BCUT2D eigenvalue weighted by atomic mass is 35.5. The quantitative estimate of drug-likeness (QED) is 0.653. The van der Waals surface area contributed by atoms with Crippen molar-refractivity contribution in [3.8, 4) is 0 Å². The third-order valence-electron chi connectivity index (χ3n) is 3.78. The maximum atomic E-state index is 11.4. The van der Waals surface area contributed by atoms with Gasteiger partial charge >= 0.3 is 5.97 Å². The van der Waals surface area contributed by atoms with Crippen LogP contribution in [0.1, 0.15) is 45.6 Å². The molecule has 1 N–H and O–H groups in total. The van der Waals surface area contributed by atoms with Gasteiger partial charge in [-0.05, 0) is 41.2 Å². The molecule has 112 valence electrons. The third kappa shape index (κ3) is 2.72. The first-order chi connectivity index (χ1) is 10.5. The van der Waals surface area contributed by atoms with Gasteiger partial charge in [-0.25, -0.2) is 4.79 Å². The smallest absolute Gasteiger partial charge is 0.377 e. The van der Waals surface area contributed by atoms with E-state index in [-0.39, 0.29) is 5.56 Å². The van der Waals surface area contributed by atoms with Crippen molar-refractivity contribution in [1.82, 2.24) is 0 Å². The molecule has 1 aromatic carbocycles. The van der Waals surface area contributed by atoms with Crippen LogP contribution in [0.5, 0.6) is 0 Å². The summed E-state index contributed by atoms with van der Waals surface area (Å²) in [7, 11) is 0. The first-order valence-corrected chi connectivity index (χ1v) is 8.03. The number of carbonyl (C=O) groups excluding carboxylic acids is 1. The topological polar surface area (TPSA) is 54.4 Å². The maximum absolute atomic E-state index is 11.4. The van der Waals surface area contributed by atoms with Gasteiger partial charge in [0, 0.05) is 10.4 Å². The van der Waals surface area contributed by atoms with Gasteiger partial charge in [-0.3, -0.25) is 4.79 Å². The number of ketones is 1. The molecule has 22 heavy (non-hydrogen) atoms. The summed E-state index contributed by atoms with van der Waals surface area (Å²) in [5, 5.41) is 8.73. The van der Waals surface area contributed by atoms with Crippen LogP contribution in [0.15, 0.2) is 30.3 Å². The highest BCUT2D eigenvalue weighted by Crippen LogP contribution is 2.43. The second-order valence-corrected chi connectivity index (χ2v) is 7.07. The maximum Gasteiger partial charge on any atom is 0.377 e. The molecule has 0 spiro atoms. The fraction of sp³-hybridized carbons (Fsp3) is 0.176. The minimum absolute atomic E-state index is 0.194. The van der Waals surface area contributed by atoms with Gasteiger partial charge in [0.15, 0.2) is 0 Å². The van der Waals surface area contributed by atoms with E-state index in [1.54, 1.807) is 35.6 Å². The number of hydrogen-bond donors (Lipinski definition) is 1. The summed E-state index contributed by atoms with van der Waals surface area (Å²) < 4.78 is 0.789. The van der Waals surface area contributed by atoms with E-state index in [1.165, 1.54) is 10.5 Å². The van der Waals surface area contributed by atoms with Crippen LogP contribution in [0.25, 0.3) is 11.6 Å². The number of fused-ring (bicyclic) bond motifs is 1. The molecule has 0 fully saturated rings. The number of hydrogen-bond acceptors (Lipinski definition) is 3. The predicted molar refractivity (Wildman–Crippen MR) is 88.6 cm³/mol. The molecule has 3 rings (SSSR count). The van der Waals surface area contributed by atoms with Crippen molar-refractivity contribution in [2.75, 3.05) is 0 Å². The Morgan fingerprint density at radius 1 is 1.27 bits per heavy atom. The first kappa shape index (κ1) is 15.0. The van der Waals surface area contributed by atoms with Crippen LogP contribution in [0.3, 0.4) is 0 Å². The van der Waals surface area contributed by atoms with Crippen molar-refractivity contribution in [3.05, 3.63) is 56.2 Å². The number of carboxylic acids is 1. The summed E-state index contributed by atoms with van der Waals surface area (Å²) in [5.41, 5.74) is 3.51. The van der Waals surface area contributed by atoms with Gasteiger partial charge < -0.3 is 5.11 Å². The van der Waals surface area contributed by atoms with E-state index < -0.39 is 11.8 Å². The second kappa shape index (κ2) is 5.71. The molecular formula is C17H13ClO3S. The minimum atomic E-state index is -1.43.